The van der Waals surface area contributed by atoms with Crippen LogP contribution in [0.4, 0.5) is 5.69 Å². The predicted octanol–water partition coefficient (Wildman–Crippen LogP) is 5.15. The normalized spacial score (nSPS) is 10.4. The van der Waals surface area contributed by atoms with Crippen LogP contribution in [0, 0.1) is 13.8 Å². The van der Waals surface area contributed by atoms with E-state index in [2.05, 4.69) is 21.2 Å². The van der Waals surface area contributed by atoms with Crippen LogP contribution in [0.3, 0.4) is 0 Å². The fraction of sp³-hybridized carbons (Fsp3) is 0.222. The van der Waals surface area contributed by atoms with Gasteiger partial charge in [0.25, 0.3) is 5.91 Å². The summed E-state index contributed by atoms with van der Waals surface area (Å²) in [5, 5.41) is 3.23. The number of aryl methyl sites for hydroxylation is 2. The molecule has 2 rings (SSSR count). The third-order valence-electron chi connectivity index (χ3n) is 3.46. The molecule has 2 aromatic rings. The van der Waals surface area contributed by atoms with Crippen LogP contribution < -0.4 is 5.32 Å². The number of carbonyl (C=O) groups excluding carboxylic acids is 2. The van der Waals surface area contributed by atoms with Gasteiger partial charge in [-0.1, -0.05) is 27.5 Å². The molecule has 1 amide bonds. The summed E-state index contributed by atoms with van der Waals surface area (Å²) in [5.74, 6) is -0.687. The van der Waals surface area contributed by atoms with Crippen molar-refractivity contribution < 1.29 is 14.3 Å². The molecule has 0 spiro atoms. The Morgan fingerprint density at radius 1 is 1.17 bits per heavy atom. The molecule has 0 aliphatic carbocycles. The van der Waals surface area contributed by atoms with Gasteiger partial charge in [0, 0.05) is 10.2 Å². The monoisotopic (exact) mass is 409 g/mol. The van der Waals surface area contributed by atoms with Gasteiger partial charge in [-0.05, 0) is 62.2 Å². The van der Waals surface area contributed by atoms with Crippen molar-refractivity contribution >= 4 is 45.1 Å². The summed E-state index contributed by atoms with van der Waals surface area (Å²) in [6.45, 7) is 5.73. The van der Waals surface area contributed by atoms with Crippen LogP contribution in [-0.2, 0) is 4.74 Å². The highest BCUT2D eigenvalue weighted by atomic mass is 79.9. The molecular formula is C18H17BrClNO3. The standard InChI is InChI=1S/C18H17BrClNO3/c1-4-24-18(23)12-7-10(2)16(11(3)8-12)21-17(22)14-9-13(19)5-6-15(14)20/h5-9H,4H2,1-3H3,(H,21,22). The number of halogens is 2. The molecule has 0 saturated heterocycles. The molecule has 126 valence electrons. The zero-order valence-electron chi connectivity index (χ0n) is 13.6. The number of hydrogen-bond acceptors (Lipinski definition) is 3. The maximum Gasteiger partial charge on any atom is 0.338 e. The highest BCUT2D eigenvalue weighted by molar-refractivity contribution is 9.10. The van der Waals surface area contributed by atoms with E-state index in [-0.39, 0.29) is 11.9 Å². The molecule has 0 bridgehead atoms. The van der Waals surface area contributed by atoms with Crippen LogP contribution in [0.15, 0.2) is 34.8 Å². The third-order valence-corrected chi connectivity index (χ3v) is 4.28. The first-order valence-electron chi connectivity index (χ1n) is 7.38. The van der Waals surface area contributed by atoms with E-state index < -0.39 is 0 Å². The van der Waals surface area contributed by atoms with E-state index in [1.807, 2.05) is 13.8 Å². The predicted molar refractivity (Wildman–Crippen MR) is 99.0 cm³/mol. The van der Waals surface area contributed by atoms with Crippen molar-refractivity contribution in [2.45, 2.75) is 20.8 Å². The van der Waals surface area contributed by atoms with Gasteiger partial charge in [-0.2, -0.15) is 0 Å². The second-order valence-corrected chi connectivity index (χ2v) is 6.61. The zero-order chi connectivity index (χ0) is 17.9. The van der Waals surface area contributed by atoms with Gasteiger partial charge in [0.05, 0.1) is 22.8 Å². The summed E-state index contributed by atoms with van der Waals surface area (Å²) in [6.07, 6.45) is 0. The number of esters is 1. The molecule has 6 heteroatoms. The minimum Gasteiger partial charge on any atom is -0.462 e. The molecule has 24 heavy (non-hydrogen) atoms. The Kier molecular flexibility index (Phi) is 6.02. The lowest BCUT2D eigenvalue weighted by Gasteiger charge is -2.14. The summed E-state index contributed by atoms with van der Waals surface area (Å²) in [5.41, 5.74) is 3.05. The van der Waals surface area contributed by atoms with Gasteiger partial charge in [-0.15, -0.1) is 0 Å². The van der Waals surface area contributed by atoms with Gasteiger partial charge in [0.2, 0.25) is 0 Å². The molecule has 0 aromatic heterocycles. The molecule has 0 aliphatic heterocycles. The van der Waals surface area contributed by atoms with Gasteiger partial charge in [0.1, 0.15) is 0 Å². The van der Waals surface area contributed by atoms with E-state index in [0.29, 0.717) is 28.4 Å². The summed E-state index contributed by atoms with van der Waals surface area (Å²) >= 11 is 9.42. The Morgan fingerprint density at radius 3 is 2.38 bits per heavy atom. The van der Waals surface area contributed by atoms with Crippen LogP contribution in [0.2, 0.25) is 5.02 Å². The third kappa shape index (κ3) is 4.16. The number of rotatable bonds is 4. The van der Waals surface area contributed by atoms with Crippen molar-refractivity contribution in [3.8, 4) is 0 Å². The second kappa shape index (κ2) is 7.81. The number of nitrogens with one attached hydrogen (secondary N) is 1. The molecule has 0 heterocycles. The maximum absolute atomic E-state index is 12.5. The first-order valence-corrected chi connectivity index (χ1v) is 8.55. The van der Waals surface area contributed by atoms with Gasteiger partial charge >= 0.3 is 5.97 Å². The maximum atomic E-state index is 12.5. The van der Waals surface area contributed by atoms with Crippen molar-refractivity contribution in [3.05, 3.63) is 62.1 Å². The van der Waals surface area contributed by atoms with Crippen molar-refractivity contribution in [1.29, 1.82) is 0 Å². The smallest absolute Gasteiger partial charge is 0.338 e. The van der Waals surface area contributed by atoms with Crippen LogP contribution in [0.25, 0.3) is 0 Å². The Balaban J connectivity index is 2.31. The number of carbonyl (C=O) groups is 2. The molecule has 1 N–H and O–H groups in total. The average molecular weight is 411 g/mol. The van der Waals surface area contributed by atoms with Gasteiger partial charge in [-0.25, -0.2) is 4.79 Å². The van der Waals surface area contributed by atoms with Gasteiger partial charge in [-0.3, -0.25) is 4.79 Å². The molecule has 4 nitrogen and oxygen atoms in total. The molecule has 0 unspecified atom stereocenters. The average Bonchev–Trinajstić information content (AvgIpc) is 2.53. The first-order chi connectivity index (χ1) is 11.3. The molecular weight excluding hydrogens is 394 g/mol. The highest BCUT2D eigenvalue weighted by Crippen LogP contribution is 2.26. The van der Waals surface area contributed by atoms with Crippen LogP contribution >= 0.6 is 27.5 Å². The van der Waals surface area contributed by atoms with E-state index >= 15 is 0 Å². The van der Waals surface area contributed by atoms with E-state index in [4.69, 9.17) is 16.3 Å². The number of ether oxygens (including phenoxy) is 1. The SMILES string of the molecule is CCOC(=O)c1cc(C)c(NC(=O)c2cc(Br)ccc2Cl)c(C)c1. The molecule has 0 fully saturated rings. The minimum atomic E-state index is -0.378. The molecule has 0 radical (unpaired) electrons. The van der Waals surface area contributed by atoms with Crippen LogP contribution in [0.5, 0.6) is 0 Å². The zero-order valence-corrected chi connectivity index (χ0v) is 15.9. The number of hydrogen-bond donors (Lipinski definition) is 1. The highest BCUT2D eigenvalue weighted by Gasteiger charge is 2.16. The van der Waals surface area contributed by atoms with E-state index in [0.717, 1.165) is 15.6 Å². The quantitative estimate of drug-likeness (QED) is 0.709. The minimum absolute atomic E-state index is 0.309. The van der Waals surface area contributed by atoms with Gasteiger partial charge in [0.15, 0.2) is 0 Å². The summed E-state index contributed by atoms with van der Waals surface area (Å²) < 4.78 is 5.77. The first kappa shape index (κ1) is 18.5. The van der Waals surface area contributed by atoms with Crippen molar-refractivity contribution in [2.75, 3.05) is 11.9 Å². The van der Waals surface area contributed by atoms with Crippen molar-refractivity contribution in [1.82, 2.24) is 0 Å². The Morgan fingerprint density at radius 2 is 1.79 bits per heavy atom. The number of amides is 1. The van der Waals surface area contributed by atoms with Crippen LogP contribution in [0.1, 0.15) is 38.8 Å². The Hall–Kier alpha value is -1.85. The lowest BCUT2D eigenvalue weighted by atomic mass is 10.0. The van der Waals surface area contributed by atoms with Crippen LogP contribution in [-0.4, -0.2) is 18.5 Å². The summed E-state index contributed by atoms with van der Waals surface area (Å²) in [4.78, 5) is 24.4. The lowest BCUT2D eigenvalue weighted by Crippen LogP contribution is -2.15. The summed E-state index contributed by atoms with van der Waals surface area (Å²) in [6, 6.07) is 8.48. The molecule has 0 aliphatic rings. The fourth-order valence-corrected chi connectivity index (χ4v) is 2.91. The second-order valence-electron chi connectivity index (χ2n) is 5.28. The largest absolute Gasteiger partial charge is 0.462 e. The Labute approximate surface area is 154 Å². The number of anilines is 1. The van der Waals surface area contributed by atoms with Crippen molar-refractivity contribution in [2.24, 2.45) is 0 Å². The van der Waals surface area contributed by atoms with Gasteiger partial charge < -0.3 is 10.1 Å². The molecule has 0 atom stereocenters. The summed E-state index contributed by atoms with van der Waals surface area (Å²) in [7, 11) is 0. The lowest BCUT2D eigenvalue weighted by molar-refractivity contribution is 0.0526. The molecule has 0 saturated carbocycles. The molecule has 2 aromatic carbocycles. The topological polar surface area (TPSA) is 55.4 Å². The Bertz CT molecular complexity index is 782. The van der Waals surface area contributed by atoms with E-state index in [1.54, 1.807) is 37.3 Å². The van der Waals surface area contributed by atoms with E-state index in [9.17, 15) is 9.59 Å². The van der Waals surface area contributed by atoms with E-state index in [1.165, 1.54) is 0 Å². The fourth-order valence-electron chi connectivity index (χ4n) is 2.35. The van der Waals surface area contributed by atoms with Crippen molar-refractivity contribution in [3.63, 3.8) is 0 Å². The number of benzene rings is 2.